The maximum Gasteiger partial charge on any atom is 0.0843 e. The third kappa shape index (κ3) is 2.06. The molecule has 92 valence electrons. The Kier molecular flexibility index (Phi) is 2.44. The number of hydrogen-bond acceptors (Lipinski definition) is 2. The highest BCUT2D eigenvalue weighted by Gasteiger charge is 2.31. The first-order valence-corrected chi connectivity index (χ1v) is 6.65. The monoisotopic (exact) mass is 231 g/mol. The van der Waals surface area contributed by atoms with Crippen LogP contribution >= 0.6 is 0 Å². The molecule has 1 aliphatic heterocycles. The summed E-state index contributed by atoms with van der Waals surface area (Å²) in [7, 11) is 0. The van der Waals surface area contributed by atoms with Crippen LogP contribution in [-0.2, 0) is 12.0 Å². The summed E-state index contributed by atoms with van der Waals surface area (Å²) in [6.45, 7) is 6.10. The van der Waals surface area contributed by atoms with Gasteiger partial charge in [-0.2, -0.15) is 0 Å². The second-order valence-electron chi connectivity index (χ2n) is 6.00. The fourth-order valence-electron chi connectivity index (χ4n) is 2.88. The van der Waals surface area contributed by atoms with Crippen LogP contribution in [0.25, 0.3) is 0 Å². The molecule has 2 heteroatoms. The fraction of sp³-hybridized carbons (Fsp3) is 0.600. The molecule has 0 radical (unpaired) electrons. The van der Waals surface area contributed by atoms with Crippen molar-refractivity contribution >= 4 is 5.69 Å². The molecule has 0 unspecified atom stereocenters. The molecule has 1 fully saturated rings. The van der Waals surface area contributed by atoms with Crippen LogP contribution in [0, 0.1) is 5.92 Å². The minimum atomic E-state index is -0.721. The third-order valence-corrected chi connectivity index (χ3v) is 3.96. The van der Waals surface area contributed by atoms with E-state index in [-0.39, 0.29) is 0 Å². The second-order valence-corrected chi connectivity index (χ2v) is 6.00. The number of anilines is 1. The third-order valence-electron chi connectivity index (χ3n) is 3.96. The first kappa shape index (κ1) is 11.1. The molecule has 2 aliphatic rings. The highest BCUT2D eigenvalue weighted by atomic mass is 16.3. The Morgan fingerprint density at radius 3 is 2.76 bits per heavy atom. The normalized spacial score (nSPS) is 19.6. The molecule has 0 atom stereocenters. The summed E-state index contributed by atoms with van der Waals surface area (Å²) in [5.74, 6) is 0.923. The zero-order valence-corrected chi connectivity index (χ0v) is 10.7. The first-order chi connectivity index (χ1) is 8.05. The van der Waals surface area contributed by atoms with Crippen molar-refractivity contribution in [2.24, 2.45) is 5.92 Å². The largest absolute Gasteiger partial charge is 0.386 e. The minimum absolute atomic E-state index is 0.721. The van der Waals surface area contributed by atoms with E-state index in [1.165, 1.54) is 30.6 Å². The van der Waals surface area contributed by atoms with E-state index in [2.05, 4.69) is 23.1 Å². The molecule has 1 N–H and O–H groups in total. The second kappa shape index (κ2) is 3.74. The molecule has 0 aromatic heterocycles. The van der Waals surface area contributed by atoms with Gasteiger partial charge in [0.2, 0.25) is 0 Å². The summed E-state index contributed by atoms with van der Waals surface area (Å²) < 4.78 is 0. The molecule has 2 nitrogen and oxygen atoms in total. The smallest absolute Gasteiger partial charge is 0.0843 e. The SMILES string of the molecule is CC(C)(O)c1cccc2c1CCN2CC1CC1. The van der Waals surface area contributed by atoms with Gasteiger partial charge in [-0.3, -0.25) is 0 Å². The number of nitrogens with zero attached hydrogens (tertiary/aromatic N) is 1. The average molecular weight is 231 g/mol. The van der Waals surface area contributed by atoms with E-state index < -0.39 is 5.60 Å². The van der Waals surface area contributed by atoms with Crippen molar-refractivity contribution in [1.82, 2.24) is 0 Å². The van der Waals surface area contributed by atoms with Gasteiger partial charge in [0.05, 0.1) is 5.60 Å². The van der Waals surface area contributed by atoms with E-state index in [0.29, 0.717) is 0 Å². The molecular formula is C15H21NO. The van der Waals surface area contributed by atoms with Gasteiger partial charge in [-0.05, 0) is 56.2 Å². The molecule has 3 rings (SSSR count). The van der Waals surface area contributed by atoms with Crippen molar-refractivity contribution in [2.75, 3.05) is 18.0 Å². The van der Waals surface area contributed by atoms with Crippen LogP contribution in [0.15, 0.2) is 18.2 Å². The molecule has 17 heavy (non-hydrogen) atoms. The number of fused-ring (bicyclic) bond motifs is 1. The van der Waals surface area contributed by atoms with Crippen molar-refractivity contribution < 1.29 is 5.11 Å². The minimum Gasteiger partial charge on any atom is -0.386 e. The number of hydrogen-bond donors (Lipinski definition) is 1. The van der Waals surface area contributed by atoms with Crippen molar-refractivity contribution in [2.45, 2.75) is 38.7 Å². The molecule has 1 aromatic carbocycles. The van der Waals surface area contributed by atoms with Gasteiger partial charge in [-0.15, -0.1) is 0 Å². The zero-order chi connectivity index (χ0) is 12.0. The van der Waals surface area contributed by atoms with Gasteiger partial charge in [-0.25, -0.2) is 0 Å². The summed E-state index contributed by atoms with van der Waals surface area (Å²) in [5, 5.41) is 10.2. The maximum absolute atomic E-state index is 10.2. The molecule has 1 saturated carbocycles. The Morgan fingerprint density at radius 1 is 1.35 bits per heavy atom. The summed E-state index contributed by atoms with van der Waals surface area (Å²) >= 11 is 0. The Morgan fingerprint density at radius 2 is 2.12 bits per heavy atom. The van der Waals surface area contributed by atoms with E-state index in [9.17, 15) is 5.11 Å². The van der Waals surface area contributed by atoms with E-state index in [0.717, 1.165) is 24.4 Å². The molecule has 0 bridgehead atoms. The first-order valence-electron chi connectivity index (χ1n) is 6.65. The van der Waals surface area contributed by atoms with E-state index in [1.54, 1.807) is 0 Å². The Hall–Kier alpha value is -1.02. The lowest BCUT2D eigenvalue weighted by molar-refractivity contribution is 0.0778. The van der Waals surface area contributed by atoms with Gasteiger partial charge in [-0.1, -0.05) is 12.1 Å². The molecule has 1 heterocycles. The lowest BCUT2D eigenvalue weighted by atomic mass is 9.92. The molecule has 1 aliphatic carbocycles. The standard InChI is InChI=1S/C15H21NO/c1-15(2,17)13-4-3-5-14-12(13)8-9-16(14)10-11-6-7-11/h3-5,11,17H,6-10H2,1-2H3. The van der Waals surface area contributed by atoms with Gasteiger partial charge >= 0.3 is 0 Å². The summed E-state index contributed by atoms with van der Waals surface area (Å²) in [5.41, 5.74) is 3.10. The van der Waals surface area contributed by atoms with Gasteiger partial charge in [0.25, 0.3) is 0 Å². The van der Waals surface area contributed by atoms with Crippen LogP contribution in [0.2, 0.25) is 0 Å². The Bertz CT molecular complexity index is 429. The molecule has 0 saturated heterocycles. The lowest BCUT2D eigenvalue weighted by Crippen LogP contribution is -2.23. The van der Waals surface area contributed by atoms with Crippen molar-refractivity contribution in [1.29, 1.82) is 0 Å². The average Bonchev–Trinajstić information content (AvgIpc) is 2.97. The lowest BCUT2D eigenvalue weighted by Gasteiger charge is -2.23. The quantitative estimate of drug-likeness (QED) is 0.864. The van der Waals surface area contributed by atoms with Crippen molar-refractivity contribution in [3.05, 3.63) is 29.3 Å². The Labute approximate surface area is 103 Å². The molecule has 0 amide bonds. The van der Waals surface area contributed by atoms with Crippen LogP contribution < -0.4 is 4.90 Å². The summed E-state index contributed by atoms with van der Waals surface area (Å²) in [6, 6.07) is 6.36. The van der Waals surface area contributed by atoms with Crippen LogP contribution in [0.4, 0.5) is 5.69 Å². The van der Waals surface area contributed by atoms with Crippen LogP contribution in [0.3, 0.4) is 0 Å². The predicted molar refractivity (Wildman–Crippen MR) is 70.3 cm³/mol. The van der Waals surface area contributed by atoms with E-state index in [4.69, 9.17) is 0 Å². The number of aliphatic hydroxyl groups is 1. The van der Waals surface area contributed by atoms with E-state index in [1.807, 2.05) is 13.8 Å². The topological polar surface area (TPSA) is 23.5 Å². The van der Waals surface area contributed by atoms with Crippen LogP contribution in [-0.4, -0.2) is 18.2 Å². The van der Waals surface area contributed by atoms with Gasteiger partial charge < -0.3 is 10.0 Å². The zero-order valence-electron chi connectivity index (χ0n) is 10.7. The number of rotatable bonds is 3. The highest BCUT2D eigenvalue weighted by Crippen LogP contribution is 2.38. The van der Waals surface area contributed by atoms with Gasteiger partial charge in [0, 0.05) is 18.8 Å². The fourth-order valence-corrected chi connectivity index (χ4v) is 2.88. The summed E-state index contributed by atoms with van der Waals surface area (Å²) in [6.07, 6.45) is 3.89. The Balaban J connectivity index is 1.93. The molecular weight excluding hydrogens is 210 g/mol. The molecule has 1 aromatic rings. The van der Waals surface area contributed by atoms with Crippen LogP contribution in [0.1, 0.15) is 37.8 Å². The molecule has 0 spiro atoms. The summed E-state index contributed by atoms with van der Waals surface area (Å²) in [4.78, 5) is 2.50. The predicted octanol–water partition coefficient (Wildman–Crippen LogP) is 2.69. The van der Waals surface area contributed by atoms with E-state index >= 15 is 0 Å². The maximum atomic E-state index is 10.2. The van der Waals surface area contributed by atoms with Crippen LogP contribution in [0.5, 0.6) is 0 Å². The van der Waals surface area contributed by atoms with Gasteiger partial charge in [0.15, 0.2) is 0 Å². The van der Waals surface area contributed by atoms with Crippen molar-refractivity contribution in [3.63, 3.8) is 0 Å². The highest BCUT2D eigenvalue weighted by molar-refractivity contribution is 5.62. The van der Waals surface area contributed by atoms with Gasteiger partial charge in [0.1, 0.15) is 0 Å². The number of benzene rings is 1. The van der Waals surface area contributed by atoms with Crippen molar-refractivity contribution in [3.8, 4) is 0 Å².